The number of phenolic OH excluding ortho intramolecular Hbond substituents is 1. The van der Waals surface area contributed by atoms with E-state index in [1.807, 2.05) is 41.3 Å². The largest absolute Gasteiger partial charge is 0.507 e. The van der Waals surface area contributed by atoms with Gasteiger partial charge < -0.3 is 15.3 Å². The molecule has 5 heteroatoms. The number of amides is 1. The van der Waals surface area contributed by atoms with Gasteiger partial charge in [0.1, 0.15) is 11.9 Å². The molecule has 2 aromatic carbocycles. The molecule has 1 fully saturated rings. The van der Waals surface area contributed by atoms with E-state index in [2.05, 4.69) is 21.2 Å². The second-order valence-electron chi connectivity index (χ2n) is 6.45. The summed E-state index contributed by atoms with van der Waals surface area (Å²) in [6.45, 7) is 0. The maximum absolute atomic E-state index is 13.2. The molecule has 0 unspecified atom stereocenters. The van der Waals surface area contributed by atoms with E-state index in [1.54, 1.807) is 6.07 Å². The molecule has 2 aromatic rings. The minimum absolute atomic E-state index is 0.0884. The first-order valence-electron chi connectivity index (χ1n) is 8.32. The van der Waals surface area contributed by atoms with Crippen molar-refractivity contribution in [1.82, 2.24) is 4.90 Å². The first kappa shape index (κ1) is 15.5. The van der Waals surface area contributed by atoms with Crippen LogP contribution >= 0.6 is 15.9 Å². The van der Waals surface area contributed by atoms with Crippen molar-refractivity contribution < 1.29 is 9.90 Å². The summed E-state index contributed by atoms with van der Waals surface area (Å²) in [6, 6.07) is 13.4. The second-order valence-corrected chi connectivity index (χ2v) is 7.31. The summed E-state index contributed by atoms with van der Waals surface area (Å²) in [4.78, 5) is 15.2. The second kappa shape index (κ2) is 6.13. The lowest BCUT2D eigenvalue weighted by Crippen LogP contribution is -2.47. The molecule has 24 heavy (non-hydrogen) atoms. The fraction of sp³-hybridized carbons (Fsp3) is 0.316. The van der Waals surface area contributed by atoms with Crippen LogP contribution in [0.1, 0.15) is 47.8 Å². The molecule has 0 aromatic heterocycles. The van der Waals surface area contributed by atoms with E-state index in [9.17, 15) is 9.90 Å². The molecule has 2 N–H and O–H groups in total. The van der Waals surface area contributed by atoms with Crippen molar-refractivity contribution in [2.24, 2.45) is 0 Å². The van der Waals surface area contributed by atoms with Crippen LogP contribution < -0.4 is 5.32 Å². The van der Waals surface area contributed by atoms with Gasteiger partial charge in [0.15, 0.2) is 0 Å². The number of hydrogen-bond donors (Lipinski definition) is 2. The highest BCUT2D eigenvalue weighted by molar-refractivity contribution is 9.10. The monoisotopic (exact) mass is 386 g/mol. The standard InChI is InChI=1S/C19H19BrN2O2/c20-15-11-12(9-10-17(15)23)18-21-16-8-4-3-7-14(16)19(24)22(18)13-5-1-2-6-13/h3-4,7-11,13,18,21,23H,1-2,5-6H2/t18-/m0/s1. The summed E-state index contributed by atoms with van der Waals surface area (Å²) < 4.78 is 0.638. The third-order valence-corrected chi connectivity index (χ3v) is 5.60. The van der Waals surface area contributed by atoms with E-state index in [0.29, 0.717) is 4.47 Å². The van der Waals surface area contributed by atoms with Crippen LogP contribution in [-0.4, -0.2) is 22.0 Å². The van der Waals surface area contributed by atoms with Crippen LogP contribution in [0, 0.1) is 0 Å². The van der Waals surface area contributed by atoms with Gasteiger partial charge in [0.2, 0.25) is 0 Å². The average molecular weight is 387 g/mol. The van der Waals surface area contributed by atoms with E-state index in [-0.39, 0.29) is 23.9 Å². The van der Waals surface area contributed by atoms with Gasteiger partial charge in [-0.3, -0.25) is 4.79 Å². The zero-order valence-corrected chi connectivity index (χ0v) is 14.8. The number of anilines is 1. The minimum atomic E-state index is -0.215. The molecule has 2 aliphatic rings. The van der Waals surface area contributed by atoms with Crippen LogP contribution in [0.4, 0.5) is 5.69 Å². The number of para-hydroxylation sites is 1. The Bertz CT molecular complexity index is 787. The molecular weight excluding hydrogens is 368 g/mol. The van der Waals surface area contributed by atoms with Crippen LogP contribution in [0.2, 0.25) is 0 Å². The van der Waals surface area contributed by atoms with E-state index in [1.165, 1.54) is 12.8 Å². The van der Waals surface area contributed by atoms with Crippen molar-refractivity contribution in [2.75, 3.05) is 5.32 Å². The number of rotatable bonds is 2. The molecule has 0 bridgehead atoms. The van der Waals surface area contributed by atoms with Gasteiger partial charge in [-0.15, -0.1) is 0 Å². The molecule has 0 spiro atoms. The molecule has 0 saturated heterocycles. The number of aromatic hydroxyl groups is 1. The van der Waals surface area contributed by atoms with Crippen LogP contribution in [0.25, 0.3) is 0 Å². The number of hydrogen-bond acceptors (Lipinski definition) is 3. The normalized spacial score (nSPS) is 20.8. The fourth-order valence-corrected chi connectivity index (χ4v) is 4.16. The number of halogens is 1. The lowest BCUT2D eigenvalue weighted by atomic mass is 10.0. The number of fused-ring (bicyclic) bond motifs is 1. The Morgan fingerprint density at radius 2 is 1.88 bits per heavy atom. The molecule has 1 amide bonds. The van der Waals surface area contributed by atoms with Gasteiger partial charge in [-0.25, -0.2) is 0 Å². The maximum Gasteiger partial charge on any atom is 0.258 e. The summed E-state index contributed by atoms with van der Waals surface area (Å²) in [5.41, 5.74) is 2.57. The van der Waals surface area contributed by atoms with Gasteiger partial charge in [0.05, 0.1) is 10.0 Å². The van der Waals surface area contributed by atoms with E-state index in [0.717, 1.165) is 29.7 Å². The van der Waals surface area contributed by atoms with Gasteiger partial charge in [-0.2, -0.15) is 0 Å². The summed E-state index contributed by atoms with van der Waals surface area (Å²) in [5.74, 6) is 0.291. The molecule has 1 saturated carbocycles. The molecule has 1 aliphatic carbocycles. The van der Waals surface area contributed by atoms with Gasteiger partial charge in [-0.05, 0) is 58.6 Å². The molecule has 1 aliphatic heterocycles. The van der Waals surface area contributed by atoms with Crippen molar-refractivity contribution in [3.05, 3.63) is 58.1 Å². The highest BCUT2D eigenvalue weighted by atomic mass is 79.9. The number of nitrogens with one attached hydrogen (secondary N) is 1. The SMILES string of the molecule is O=C1c2ccccc2N[C@H](c2ccc(O)c(Br)c2)N1C1CCCC1. The molecule has 4 rings (SSSR count). The third kappa shape index (κ3) is 2.57. The van der Waals surface area contributed by atoms with E-state index < -0.39 is 0 Å². The molecular formula is C19H19BrN2O2. The molecule has 0 radical (unpaired) electrons. The molecule has 1 heterocycles. The predicted octanol–water partition coefficient (Wildman–Crippen LogP) is 4.66. The van der Waals surface area contributed by atoms with Crippen LogP contribution in [0.5, 0.6) is 5.75 Å². The Morgan fingerprint density at radius 1 is 1.12 bits per heavy atom. The zero-order valence-electron chi connectivity index (χ0n) is 13.2. The van der Waals surface area contributed by atoms with Crippen LogP contribution in [0.15, 0.2) is 46.9 Å². The minimum Gasteiger partial charge on any atom is -0.507 e. The maximum atomic E-state index is 13.2. The highest BCUT2D eigenvalue weighted by Gasteiger charge is 2.38. The summed E-state index contributed by atoms with van der Waals surface area (Å²) in [7, 11) is 0. The Hall–Kier alpha value is -2.01. The number of carbonyl (C=O) groups excluding carboxylic acids is 1. The fourth-order valence-electron chi connectivity index (χ4n) is 3.76. The molecule has 1 atom stereocenters. The first-order valence-corrected chi connectivity index (χ1v) is 9.11. The molecule has 4 nitrogen and oxygen atoms in total. The quantitative estimate of drug-likeness (QED) is 0.788. The summed E-state index contributed by atoms with van der Waals surface area (Å²) in [5, 5.41) is 13.3. The van der Waals surface area contributed by atoms with Gasteiger partial charge in [-0.1, -0.05) is 31.0 Å². The van der Waals surface area contributed by atoms with Crippen molar-refractivity contribution >= 4 is 27.5 Å². The number of phenols is 1. The van der Waals surface area contributed by atoms with Gasteiger partial charge >= 0.3 is 0 Å². The lowest BCUT2D eigenvalue weighted by Gasteiger charge is -2.41. The topological polar surface area (TPSA) is 52.6 Å². The van der Waals surface area contributed by atoms with Gasteiger partial charge in [0, 0.05) is 11.7 Å². The van der Waals surface area contributed by atoms with Crippen LogP contribution in [-0.2, 0) is 0 Å². The molecule has 124 valence electrons. The predicted molar refractivity (Wildman–Crippen MR) is 97.0 cm³/mol. The van der Waals surface area contributed by atoms with Gasteiger partial charge in [0.25, 0.3) is 5.91 Å². The Morgan fingerprint density at radius 3 is 2.62 bits per heavy atom. The number of carbonyl (C=O) groups is 1. The smallest absolute Gasteiger partial charge is 0.258 e. The van der Waals surface area contributed by atoms with Crippen molar-refractivity contribution in [3.63, 3.8) is 0 Å². The lowest BCUT2D eigenvalue weighted by molar-refractivity contribution is 0.0585. The third-order valence-electron chi connectivity index (χ3n) is 4.97. The highest BCUT2D eigenvalue weighted by Crippen LogP contribution is 2.39. The van der Waals surface area contributed by atoms with E-state index >= 15 is 0 Å². The Kier molecular flexibility index (Phi) is 3.96. The van der Waals surface area contributed by atoms with Crippen molar-refractivity contribution in [3.8, 4) is 5.75 Å². The average Bonchev–Trinajstić information content (AvgIpc) is 3.11. The van der Waals surface area contributed by atoms with Crippen LogP contribution in [0.3, 0.4) is 0 Å². The Labute approximate surface area is 149 Å². The Balaban J connectivity index is 1.79. The van der Waals surface area contributed by atoms with Crippen molar-refractivity contribution in [1.29, 1.82) is 0 Å². The first-order chi connectivity index (χ1) is 11.6. The van der Waals surface area contributed by atoms with E-state index in [4.69, 9.17) is 0 Å². The number of nitrogens with zero attached hydrogens (tertiary/aromatic N) is 1. The van der Waals surface area contributed by atoms with Crippen molar-refractivity contribution in [2.45, 2.75) is 37.9 Å². The summed E-state index contributed by atoms with van der Waals surface area (Å²) in [6.07, 6.45) is 4.22. The zero-order chi connectivity index (χ0) is 16.7. The number of benzene rings is 2. The summed E-state index contributed by atoms with van der Waals surface area (Å²) >= 11 is 3.38.